The van der Waals surface area contributed by atoms with Gasteiger partial charge in [0.2, 0.25) is 0 Å². The Labute approximate surface area is 147 Å². The lowest BCUT2D eigenvalue weighted by molar-refractivity contribution is -0.384. The number of likely N-dealkylation sites (tertiary alicyclic amines) is 1. The van der Waals surface area contributed by atoms with Gasteiger partial charge in [-0.25, -0.2) is 0 Å². The summed E-state index contributed by atoms with van der Waals surface area (Å²) < 4.78 is 11.6. The lowest BCUT2D eigenvalue weighted by atomic mass is 10.0. The predicted molar refractivity (Wildman–Crippen MR) is 96.2 cm³/mol. The average molecular weight is 342 g/mol. The van der Waals surface area contributed by atoms with Gasteiger partial charge in [-0.15, -0.1) is 0 Å². The van der Waals surface area contributed by atoms with E-state index in [4.69, 9.17) is 9.47 Å². The molecule has 0 unspecified atom stereocenters. The molecule has 0 amide bonds. The minimum Gasteiger partial charge on any atom is -0.496 e. The molecule has 0 atom stereocenters. The molecule has 1 fully saturated rings. The van der Waals surface area contributed by atoms with Crippen LogP contribution in [0, 0.1) is 10.1 Å². The summed E-state index contributed by atoms with van der Waals surface area (Å²) in [5.41, 5.74) is 1.83. The van der Waals surface area contributed by atoms with E-state index >= 15 is 0 Å². The fourth-order valence-electron chi connectivity index (χ4n) is 3.04. The van der Waals surface area contributed by atoms with E-state index in [0.29, 0.717) is 5.75 Å². The van der Waals surface area contributed by atoms with Gasteiger partial charge in [-0.3, -0.25) is 10.1 Å². The van der Waals surface area contributed by atoms with E-state index in [1.165, 1.54) is 12.1 Å². The molecule has 0 bridgehead atoms. The number of hydrogen-bond acceptors (Lipinski definition) is 5. The third-order valence-corrected chi connectivity index (χ3v) is 4.53. The highest BCUT2D eigenvalue weighted by atomic mass is 16.6. The quantitative estimate of drug-likeness (QED) is 0.612. The van der Waals surface area contributed by atoms with Gasteiger partial charge in [-0.1, -0.05) is 0 Å². The normalized spacial score (nSPS) is 15.8. The van der Waals surface area contributed by atoms with Crippen LogP contribution < -0.4 is 9.47 Å². The maximum absolute atomic E-state index is 10.8. The number of ether oxygens (including phenoxy) is 2. The monoisotopic (exact) mass is 342 g/mol. The Kier molecular flexibility index (Phi) is 5.19. The van der Waals surface area contributed by atoms with E-state index in [1.54, 1.807) is 19.2 Å². The molecule has 1 aliphatic rings. The van der Waals surface area contributed by atoms with Crippen LogP contribution in [0.15, 0.2) is 42.5 Å². The summed E-state index contributed by atoms with van der Waals surface area (Å²) >= 11 is 0. The summed E-state index contributed by atoms with van der Waals surface area (Å²) in [7, 11) is 3.74. The van der Waals surface area contributed by atoms with E-state index in [9.17, 15) is 10.1 Å². The second-order valence-corrected chi connectivity index (χ2v) is 6.29. The molecule has 25 heavy (non-hydrogen) atoms. The number of non-ortho nitro benzene ring substituents is 1. The molecule has 2 aromatic rings. The molecule has 1 aliphatic heterocycles. The van der Waals surface area contributed by atoms with E-state index < -0.39 is 4.92 Å². The minimum absolute atomic E-state index is 0.0740. The Balaban J connectivity index is 1.78. The Morgan fingerprint density at radius 1 is 1.12 bits per heavy atom. The summed E-state index contributed by atoms with van der Waals surface area (Å²) in [5, 5.41) is 10.8. The van der Waals surface area contributed by atoms with Crippen LogP contribution in [0.5, 0.6) is 11.5 Å². The Morgan fingerprint density at radius 3 is 2.40 bits per heavy atom. The third-order valence-electron chi connectivity index (χ3n) is 4.53. The van der Waals surface area contributed by atoms with Gasteiger partial charge < -0.3 is 14.4 Å². The summed E-state index contributed by atoms with van der Waals surface area (Å²) in [6.07, 6.45) is 2.26. The SMILES string of the molecule is COc1cc(OC2CCN(C)CC2)ccc1-c1ccc([N+](=O)[O-])cc1. The third kappa shape index (κ3) is 4.09. The van der Waals surface area contributed by atoms with E-state index in [0.717, 1.165) is 42.8 Å². The molecule has 6 heteroatoms. The molecule has 6 nitrogen and oxygen atoms in total. The van der Waals surface area contributed by atoms with E-state index in [2.05, 4.69) is 11.9 Å². The molecule has 0 saturated carbocycles. The largest absolute Gasteiger partial charge is 0.496 e. The molecule has 132 valence electrons. The average Bonchev–Trinajstić information content (AvgIpc) is 2.63. The van der Waals surface area contributed by atoms with Gasteiger partial charge in [0, 0.05) is 36.9 Å². The molecule has 0 radical (unpaired) electrons. The minimum atomic E-state index is -0.403. The maximum Gasteiger partial charge on any atom is 0.269 e. The zero-order valence-electron chi connectivity index (χ0n) is 14.5. The Bertz CT molecular complexity index is 738. The molecule has 0 aliphatic carbocycles. The van der Waals surface area contributed by atoms with Gasteiger partial charge in [0.15, 0.2) is 0 Å². The molecule has 0 spiro atoms. The van der Waals surface area contributed by atoms with Crippen LogP contribution in [0.3, 0.4) is 0 Å². The smallest absolute Gasteiger partial charge is 0.269 e. The van der Waals surface area contributed by atoms with Crippen molar-refractivity contribution in [2.45, 2.75) is 18.9 Å². The summed E-state index contributed by atoms with van der Waals surface area (Å²) in [6.45, 7) is 2.09. The van der Waals surface area contributed by atoms with Crippen molar-refractivity contribution in [2.24, 2.45) is 0 Å². The van der Waals surface area contributed by atoms with Crippen molar-refractivity contribution in [1.29, 1.82) is 0 Å². The molecule has 0 N–H and O–H groups in total. The van der Waals surface area contributed by atoms with Crippen LogP contribution in [0.4, 0.5) is 5.69 Å². The first-order valence-corrected chi connectivity index (χ1v) is 8.35. The molecule has 1 heterocycles. The van der Waals surface area contributed by atoms with Gasteiger partial charge in [0.05, 0.1) is 12.0 Å². The number of piperidine rings is 1. The lowest BCUT2D eigenvalue weighted by Crippen LogP contribution is -2.35. The van der Waals surface area contributed by atoms with Gasteiger partial charge in [0.1, 0.15) is 17.6 Å². The van der Waals surface area contributed by atoms with Gasteiger partial charge >= 0.3 is 0 Å². The first kappa shape index (κ1) is 17.2. The maximum atomic E-state index is 10.8. The highest BCUT2D eigenvalue weighted by Crippen LogP contribution is 2.34. The fraction of sp³-hybridized carbons (Fsp3) is 0.368. The van der Waals surface area contributed by atoms with E-state index in [-0.39, 0.29) is 11.8 Å². The fourth-order valence-corrected chi connectivity index (χ4v) is 3.04. The van der Waals surface area contributed by atoms with Crippen molar-refractivity contribution in [3.8, 4) is 22.6 Å². The second-order valence-electron chi connectivity index (χ2n) is 6.29. The summed E-state index contributed by atoms with van der Waals surface area (Å²) in [6, 6.07) is 12.2. The van der Waals surface area contributed by atoms with Gasteiger partial charge in [0.25, 0.3) is 5.69 Å². The highest BCUT2D eigenvalue weighted by molar-refractivity contribution is 5.72. The Hall–Kier alpha value is -2.60. The van der Waals surface area contributed by atoms with Crippen molar-refractivity contribution in [3.63, 3.8) is 0 Å². The predicted octanol–water partition coefficient (Wildman–Crippen LogP) is 3.74. The van der Waals surface area contributed by atoms with E-state index in [1.807, 2.05) is 18.2 Å². The number of methoxy groups -OCH3 is 1. The van der Waals surface area contributed by atoms with Crippen LogP contribution in [0.25, 0.3) is 11.1 Å². The molecule has 2 aromatic carbocycles. The number of rotatable bonds is 5. The van der Waals surface area contributed by atoms with Crippen molar-refractivity contribution >= 4 is 5.69 Å². The van der Waals surface area contributed by atoms with Gasteiger partial charge in [-0.2, -0.15) is 0 Å². The van der Waals surface area contributed by atoms with Crippen LogP contribution in [0.1, 0.15) is 12.8 Å². The van der Waals surface area contributed by atoms with Gasteiger partial charge in [-0.05, 0) is 49.7 Å². The number of nitro groups is 1. The van der Waals surface area contributed by atoms with Crippen molar-refractivity contribution in [1.82, 2.24) is 4.90 Å². The molecular weight excluding hydrogens is 320 g/mol. The lowest BCUT2D eigenvalue weighted by Gasteiger charge is -2.29. The van der Waals surface area contributed by atoms with Crippen LogP contribution in [0.2, 0.25) is 0 Å². The molecular formula is C19H22N2O4. The topological polar surface area (TPSA) is 64.8 Å². The zero-order valence-corrected chi connectivity index (χ0v) is 14.5. The number of benzene rings is 2. The standard InChI is InChI=1S/C19H22N2O4/c1-20-11-9-16(10-12-20)25-17-7-8-18(19(13-17)24-2)14-3-5-15(6-4-14)21(22)23/h3-8,13,16H,9-12H2,1-2H3. The number of nitrogens with zero attached hydrogens (tertiary/aromatic N) is 2. The van der Waals surface area contributed by atoms with Crippen LogP contribution in [-0.4, -0.2) is 43.2 Å². The first-order chi connectivity index (χ1) is 12.1. The van der Waals surface area contributed by atoms with Crippen molar-refractivity contribution < 1.29 is 14.4 Å². The first-order valence-electron chi connectivity index (χ1n) is 8.35. The molecule has 1 saturated heterocycles. The highest BCUT2D eigenvalue weighted by Gasteiger charge is 2.19. The number of hydrogen-bond donors (Lipinski definition) is 0. The zero-order chi connectivity index (χ0) is 17.8. The summed E-state index contributed by atoms with van der Waals surface area (Å²) in [5.74, 6) is 1.48. The van der Waals surface area contributed by atoms with Crippen LogP contribution >= 0.6 is 0 Å². The van der Waals surface area contributed by atoms with Crippen LogP contribution in [-0.2, 0) is 0 Å². The Morgan fingerprint density at radius 2 is 1.80 bits per heavy atom. The second kappa shape index (κ2) is 7.53. The molecule has 0 aromatic heterocycles. The van der Waals surface area contributed by atoms with Crippen molar-refractivity contribution in [3.05, 3.63) is 52.6 Å². The summed E-state index contributed by atoms with van der Waals surface area (Å²) in [4.78, 5) is 12.7. The number of nitro benzene ring substituents is 1. The molecule has 3 rings (SSSR count). The van der Waals surface area contributed by atoms with Crippen molar-refractivity contribution in [2.75, 3.05) is 27.2 Å².